The summed E-state index contributed by atoms with van der Waals surface area (Å²) in [6, 6.07) is 0.691. The van der Waals surface area contributed by atoms with Gasteiger partial charge >= 0.3 is 0 Å². The first-order valence-electron chi connectivity index (χ1n) is 6.97. The molecule has 1 fully saturated rings. The van der Waals surface area contributed by atoms with E-state index >= 15 is 0 Å². The van der Waals surface area contributed by atoms with Gasteiger partial charge in [-0.1, -0.05) is 6.92 Å². The van der Waals surface area contributed by atoms with Gasteiger partial charge in [-0.3, -0.25) is 4.90 Å². The van der Waals surface area contributed by atoms with Gasteiger partial charge in [0.2, 0.25) is 0 Å². The van der Waals surface area contributed by atoms with Crippen LogP contribution in [-0.4, -0.2) is 77.3 Å². The van der Waals surface area contributed by atoms with E-state index in [2.05, 4.69) is 17.1 Å². The van der Waals surface area contributed by atoms with Crippen LogP contribution in [0.25, 0.3) is 0 Å². The summed E-state index contributed by atoms with van der Waals surface area (Å²) in [6.07, 6.45) is 1.26. The van der Waals surface area contributed by atoms with Gasteiger partial charge < -0.3 is 19.5 Å². The first kappa shape index (κ1) is 15.9. The lowest BCUT2D eigenvalue weighted by Crippen LogP contribution is -2.39. The second kappa shape index (κ2) is 10.7. The normalized spacial score (nSPS) is 19.8. The molecule has 0 aromatic rings. The molecule has 1 N–H and O–H groups in total. The summed E-state index contributed by atoms with van der Waals surface area (Å²) in [5.74, 6) is 0. The molecule has 0 bridgehead atoms. The standard InChI is InChI=1S/C13H28N2O3/c1-3-15(13-4-5-14-12-13)6-7-17-10-11-18-9-8-16-2/h13-14H,3-12H2,1-2H3. The van der Waals surface area contributed by atoms with Crippen molar-refractivity contribution in [3.63, 3.8) is 0 Å². The number of methoxy groups -OCH3 is 1. The number of hydrogen-bond donors (Lipinski definition) is 1. The minimum Gasteiger partial charge on any atom is -0.382 e. The van der Waals surface area contributed by atoms with Crippen LogP contribution in [0.1, 0.15) is 13.3 Å². The molecule has 1 unspecified atom stereocenters. The molecule has 108 valence electrons. The topological polar surface area (TPSA) is 43.0 Å². The van der Waals surface area contributed by atoms with E-state index < -0.39 is 0 Å². The Morgan fingerprint density at radius 1 is 1.11 bits per heavy atom. The predicted octanol–water partition coefficient (Wildman–Crippen LogP) is 0.350. The molecule has 0 aromatic heterocycles. The second-order valence-electron chi connectivity index (χ2n) is 4.49. The van der Waals surface area contributed by atoms with Gasteiger partial charge in [-0.2, -0.15) is 0 Å². The highest BCUT2D eigenvalue weighted by Gasteiger charge is 2.20. The predicted molar refractivity (Wildman–Crippen MR) is 72.0 cm³/mol. The monoisotopic (exact) mass is 260 g/mol. The highest BCUT2D eigenvalue weighted by atomic mass is 16.5. The van der Waals surface area contributed by atoms with Crippen LogP contribution in [0.5, 0.6) is 0 Å². The number of nitrogens with zero attached hydrogens (tertiary/aromatic N) is 1. The van der Waals surface area contributed by atoms with Crippen molar-refractivity contribution < 1.29 is 14.2 Å². The van der Waals surface area contributed by atoms with Gasteiger partial charge in [0.25, 0.3) is 0 Å². The zero-order valence-corrected chi connectivity index (χ0v) is 11.8. The van der Waals surface area contributed by atoms with Crippen LogP contribution in [0.2, 0.25) is 0 Å². The van der Waals surface area contributed by atoms with E-state index in [0.717, 1.165) is 32.8 Å². The fourth-order valence-corrected chi connectivity index (χ4v) is 2.20. The summed E-state index contributed by atoms with van der Waals surface area (Å²) < 4.78 is 15.8. The molecule has 0 amide bonds. The van der Waals surface area contributed by atoms with Gasteiger partial charge in [0.1, 0.15) is 0 Å². The lowest BCUT2D eigenvalue weighted by molar-refractivity contribution is 0.0175. The zero-order valence-electron chi connectivity index (χ0n) is 11.8. The SMILES string of the molecule is CCN(CCOCCOCCOC)C1CCNC1. The van der Waals surface area contributed by atoms with Crippen molar-refractivity contribution in [2.24, 2.45) is 0 Å². The Bertz CT molecular complexity index is 187. The van der Waals surface area contributed by atoms with Crippen molar-refractivity contribution >= 4 is 0 Å². The molecular formula is C13H28N2O3. The minimum atomic E-state index is 0.648. The third kappa shape index (κ3) is 6.66. The summed E-state index contributed by atoms with van der Waals surface area (Å²) in [5, 5.41) is 3.40. The van der Waals surface area contributed by atoms with E-state index in [9.17, 15) is 0 Å². The van der Waals surface area contributed by atoms with Crippen molar-refractivity contribution in [1.29, 1.82) is 0 Å². The van der Waals surface area contributed by atoms with Gasteiger partial charge in [-0.05, 0) is 19.5 Å². The van der Waals surface area contributed by atoms with Crippen molar-refractivity contribution in [2.45, 2.75) is 19.4 Å². The summed E-state index contributed by atoms with van der Waals surface area (Å²) in [4.78, 5) is 2.49. The summed E-state index contributed by atoms with van der Waals surface area (Å²) >= 11 is 0. The molecule has 0 spiro atoms. The van der Waals surface area contributed by atoms with Crippen LogP contribution >= 0.6 is 0 Å². The zero-order chi connectivity index (χ0) is 13.1. The van der Waals surface area contributed by atoms with Crippen LogP contribution in [0, 0.1) is 0 Å². The van der Waals surface area contributed by atoms with Gasteiger partial charge in [0.15, 0.2) is 0 Å². The molecule has 1 heterocycles. The first-order valence-corrected chi connectivity index (χ1v) is 6.97. The highest BCUT2D eigenvalue weighted by molar-refractivity contribution is 4.79. The third-order valence-corrected chi connectivity index (χ3v) is 3.28. The van der Waals surface area contributed by atoms with E-state index in [1.807, 2.05) is 0 Å². The quantitative estimate of drug-likeness (QED) is 0.543. The van der Waals surface area contributed by atoms with Crippen molar-refractivity contribution in [2.75, 3.05) is 66.3 Å². The van der Waals surface area contributed by atoms with Gasteiger partial charge in [-0.15, -0.1) is 0 Å². The molecule has 1 rings (SSSR count). The Hall–Kier alpha value is -0.200. The third-order valence-electron chi connectivity index (χ3n) is 3.28. The Kier molecular flexibility index (Phi) is 9.42. The maximum atomic E-state index is 5.58. The minimum absolute atomic E-state index is 0.648. The van der Waals surface area contributed by atoms with Crippen LogP contribution in [0.4, 0.5) is 0 Å². The molecule has 0 aliphatic carbocycles. The molecule has 0 radical (unpaired) electrons. The molecule has 0 saturated carbocycles. The molecule has 5 nitrogen and oxygen atoms in total. The Morgan fingerprint density at radius 2 is 1.83 bits per heavy atom. The van der Waals surface area contributed by atoms with Gasteiger partial charge in [0.05, 0.1) is 33.0 Å². The Balaban J connectivity index is 1.92. The molecule has 1 aliphatic rings. The number of hydrogen-bond acceptors (Lipinski definition) is 5. The fourth-order valence-electron chi connectivity index (χ4n) is 2.20. The lowest BCUT2D eigenvalue weighted by Gasteiger charge is -2.26. The smallest absolute Gasteiger partial charge is 0.0701 e. The summed E-state index contributed by atoms with van der Waals surface area (Å²) in [5.41, 5.74) is 0. The molecule has 1 atom stereocenters. The van der Waals surface area contributed by atoms with Crippen LogP contribution in [-0.2, 0) is 14.2 Å². The number of rotatable bonds is 11. The van der Waals surface area contributed by atoms with Crippen LogP contribution in [0.3, 0.4) is 0 Å². The first-order chi connectivity index (χ1) is 8.88. The fraction of sp³-hybridized carbons (Fsp3) is 1.00. The largest absolute Gasteiger partial charge is 0.382 e. The van der Waals surface area contributed by atoms with E-state index in [-0.39, 0.29) is 0 Å². The average molecular weight is 260 g/mol. The number of likely N-dealkylation sites (N-methyl/N-ethyl adjacent to an activating group) is 1. The molecule has 18 heavy (non-hydrogen) atoms. The number of nitrogens with one attached hydrogen (secondary N) is 1. The maximum Gasteiger partial charge on any atom is 0.0701 e. The van der Waals surface area contributed by atoms with E-state index in [1.54, 1.807) is 7.11 Å². The average Bonchev–Trinajstić information content (AvgIpc) is 2.91. The van der Waals surface area contributed by atoms with Crippen molar-refractivity contribution in [1.82, 2.24) is 10.2 Å². The second-order valence-corrected chi connectivity index (χ2v) is 4.49. The van der Waals surface area contributed by atoms with Gasteiger partial charge in [-0.25, -0.2) is 0 Å². The van der Waals surface area contributed by atoms with Crippen LogP contribution in [0.15, 0.2) is 0 Å². The molecule has 0 aromatic carbocycles. The molecule has 1 saturated heterocycles. The Labute approximate surface area is 111 Å². The van der Waals surface area contributed by atoms with E-state index in [0.29, 0.717) is 32.5 Å². The van der Waals surface area contributed by atoms with E-state index in [1.165, 1.54) is 6.42 Å². The molecule has 1 aliphatic heterocycles. The number of ether oxygens (including phenoxy) is 3. The Morgan fingerprint density at radius 3 is 2.44 bits per heavy atom. The summed E-state index contributed by atoms with van der Waals surface area (Å²) in [7, 11) is 1.68. The molecule has 5 heteroatoms. The van der Waals surface area contributed by atoms with Crippen molar-refractivity contribution in [3.8, 4) is 0 Å². The highest BCUT2D eigenvalue weighted by Crippen LogP contribution is 2.07. The maximum absolute atomic E-state index is 5.58. The van der Waals surface area contributed by atoms with Crippen molar-refractivity contribution in [3.05, 3.63) is 0 Å². The van der Waals surface area contributed by atoms with Gasteiger partial charge in [0, 0.05) is 26.2 Å². The van der Waals surface area contributed by atoms with E-state index in [4.69, 9.17) is 14.2 Å². The summed E-state index contributed by atoms with van der Waals surface area (Å²) in [6.45, 7) is 10.0. The van der Waals surface area contributed by atoms with Crippen LogP contribution < -0.4 is 5.32 Å². The molecular weight excluding hydrogens is 232 g/mol. The lowest BCUT2D eigenvalue weighted by atomic mass is 10.2.